The fourth-order valence-electron chi connectivity index (χ4n) is 3.65. The summed E-state index contributed by atoms with van der Waals surface area (Å²) >= 11 is 6.00. The zero-order valence-electron chi connectivity index (χ0n) is 11.9. The third-order valence-electron chi connectivity index (χ3n) is 4.65. The van der Waals surface area contributed by atoms with Gasteiger partial charge in [-0.25, -0.2) is 0 Å². The molecule has 3 rings (SSSR count). The maximum Gasteiger partial charge on any atom is 0.254 e. The van der Waals surface area contributed by atoms with Crippen LogP contribution in [0.15, 0.2) is 24.3 Å². The summed E-state index contributed by atoms with van der Waals surface area (Å²) in [6.45, 7) is 2.03. The van der Waals surface area contributed by atoms with E-state index in [0.29, 0.717) is 22.7 Å². The molecular formula is C16H21ClN2O. The summed E-state index contributed by atoms with van der Waals surface area (Å²) in [5.41, 5.74) is 0.713. The van der Waals surface area contributed by atoms with Gasteiger partial charge >= 0.3 is 0 Å². The molecule has 0 N–H and O–H groups in total. The number of carbonyl (C=O) groups is 1. The monoisotopic (exact) mass is 292 g/mol. The first kappa shape index (κ1) is 13.9. The van der Waals surface area contributed by atoms with Crippen LogP contribution in [0.5, 0.6) is 0 Å². The second-order valence-corrected chi connectivity index (χ2v) is 6.35. The van der Waals surface area contributed by atoms with E-state index in [2.05, 4.69) is 16.8 Å². The Hall–Kier alpha value is -1.06. The van der Waals surface area contributed by atoms with Crippen molar-refractivity contribution in [2.24, 2.45) is 0 Å². The fraction of sp³-hybridized carbons (Fsp3) is 0.562. The molecule has 20 heavy (non-hydrogen) atoms. The number of amides is 1. The summed E-state index contributed by atoms with van der Waals surface area (Å²) in [7, 11) is 2.18. The van der Waals surface area contributed by atoms with Crippen molar-refractivity contribution in [3.63, 3.8) is 0 Å². The van der Waals surface area contributed by atoms with E-state index < -0.39 is 0 Å². The average molecular weight is 293 g/mol. The van der Waals surface area contributed by atoms with Crippen LogP contribution in [-0.4, -0.2) is 47.9 Å². The predicted octanol–water partition coefficient (Wildman–Crippen LogP) is 3.04. The van der Waals surface area contributed by atoms with Crippen LogP contribution < -0.4 is 0 Å². The third-order valence-corrected chi connectivity index (χ3v) is 4.89. The average Bonchev–Trinajstić information content (AvgIpc) is 3.06. The van der Waals surface area contributed by atoms with E-state index in [1.54, 1.807) is 6.07 Å². The minimum absolute atomic E-state index is 0.135. The number of likely N-dealkylation sites (tertiary alicyclic amines) is 2. The standard InChI is InChI=1S/C16H21ClN2O/c1-18-9-3-7-14(18)15-8-4-10-19(15)16(20)12-5-2-6-13(17)11-12/h2,5-6,11,14-15H,3-4,7-10H2,1H3/t14-,15-/m1/s1. The number of benzene rings is 1. The molecule has 1 amide bonds. The molecule has 3 nitrogen and oxygen atoms in total. The van der Waals surface area contributed by atoms with Gasteiger partial charge in [0.2, 0.25) is 0 Å². The van der Waals surface area contributed by atoms with Crippen molar-refractivity contribution in [1.82, 2.24) is 9.80 Å². The number of rotatable bonds is 2. The summed E-state index contributed by atoms with van der Waals surface area (Å²) in [6.07, 6.45) is 4.69. The highest BCUT2D eigenvalue weighted by Crippen LogP contribution is 2.30. The number of carbonyl (C=O) groups excluding carboxylic acids is 1. The van der Waals surface area contributed by atoms with Crippen molar-refractivity contribution in [3.8, 4) is 0 Å². The van der Waals surface area contributed by atoms with E-state index in [0.717, 1.165) is 25.9 Å². The van der Waals surface area contributed by atoms with Gasteiger partial charge in [-0.1, -0.05) is 17.7 Å². The minimum Gasteiger partial charge on any atom is -0.334 e. The second-order valence-electron chi connectivity index (χ2n) is 5.91. The maximum absolute atomic E-state index is 12.7. The molecule has 2 heterocycles. The number of halogens is 1. The molecule has 0 bridgehead atoms. The van der Waals surface area contributed by atoms with E-state index in [1.807, 2.05) is 18.2 Å². The Kier molecular flexibility index (Phi) is 3.99. The molecule has 2 saturated heterocycles. The molecule has 2 aliphatic heterocycles. The van der Waals surface area contributed by atoms with Crippen LogP contribution >= 0.6 is 11.6 Å². The molecule has 0 unspecified atom stereocenters. The molecule has 2 aliphatic rings. The highest BCUT2D eigenvalue weighted by Gasteiger charge is 2.38. The van der Waals surface area contributed by atoms with Gasteiger partial charge in [-0.15, -0.1) is 0 Å². The smallest absolute Gasteiger partial charge is 0.254 e. The molecule has 1 aromatic carbocycles. The molecule has 0 saturated carbocycles. The number of nitrogens with zero attached hydrogens (tertiary/aromatic N) is 2. The van der Waals surface area contributed by atoms with Crippen LogP contribution in [-0.2, 0) is 0 Å². The Morgan fingerprint density at radius 2 is 1.95 bits per heavy atom. The first-order valence-corrected chi connectivity index (χ1v) is 7.81. The van der Waals surface area contributed by atoms with Crippen molar-refractivity contribution in [1.29, 1.82) is 0 Å². The Morgan fingerprint density at radius 1 is 1.20 bits per heavy atom. The van der Waals surface area contributed by atoms with Crippen molar-refractivity contribution in [2.75, 3.05) is 20.1 Å². The third kappa shape index (κ3) is 2.57. The van der Waals surface area contributed by atoms with Crippen molar-refractivity contribution >= 4 is 17.5 Å². The molecule has 0 aromatic heterocycles. The molecule has 1 aromatic rings. The van der Waals surface area contributed by atoms with Gasteiger partial charge in [-0.3, -0.25) is 4.79 Å². The lowest BCUT2D eigenvalue weighted by Crippen LogP contribution is -2.47. The molecule has 0 spiro atoms. The lowest BCUT2D eigenvalue weighted by atomic mass is 10.0. The summed E-state index contributed by atoms with van der Waals surface area (Å²) in [5, 5.41) is 0.629. The molecular weight excluding hydrogens is 272 g/mol. The van der Waals surface area contributed by atoms with Crippen LogP contribution in [0.1, 0.15) is 36.0 Å². The molecule has 4 heteroatoms. The minimum atomic E-state index is 0.135. The topological polar surface area (TPSA) is 23.6 Å². The van der Waals surface area contributed by atoms with Gasteiger partial charge < -0.3 is 9.80 Å². The normalized spacial score (nSPS) is 27.2. The van der Waals surface area contributed by atoms with Crippen LogP contribution in [0.4, 0.5) is 0 Å². The molecule has 2 fully saturated rings. The van der Waals surface area contributed by atoms with E-state index in [4.69, 9.17) is 11.6 Å². The van der Waals surface area contributed by atoms with Gasteiger partial charge in [0.25, 0.3) is 5.91 Å². The number of likely N-dealkylation sites (N-methyl/N-ethyl adjacent to an activating group) is 1. The lowest BCUT2D eigenvalue weighted by Gasteiger charge is -2.33. The SMILES string of the molecule is CN1CCC[C@@H]1[C@H]1CCCN1C(=O)c1cccc(Cl)c1. The largest absolute Gasteiger partial charge is 0.334 e. The van der Waals surface area contributed by atoms with Gasteiger partial charge in [0.15, 0.2) is 0 Å². The Morgan fingerprint density at radius 3 is 2.65 bits per heavy atom. The van der Waals surface area contributed by atoms with E-state index >= 15 is 0 Å². The highest BCUT2D eigenvalue weighted by molar-refractivity contribution is 6.30. The Balaban J connectivity index is 1.79. The Bertz CT molecular complexity index is 505. The number of hydrogen-bond acceptors (Lipinski definition) is 2. The van der Waals surface area contributed by atoms with Crippen molar-refractivity contribution in [3.05, 3.63) is 34.9 Å². The fourth-order valence-corrected chi connectivity index (χ4v) is 3.84. The molecule has 108 valence electrons. The Labute approximate surface area is 125 Å². The first-order valence-electron chi connectivity index (χ1n) is 7.43. The lowest BCUT2D eigenvalue weighted by molar-refractivity contribution is 0.0664. The van der Waals surface area contributed by atoms with Gasteiger partial charge in [0.05, 0.1) is 0 Å². The van der Waals surface area contributed by atoms with Crippen LogP contribution in [0.25, 0.3) is 0 Å². The van der Waals surface area contributed by atoms with E-state index in [9.17, 15) is 4.79 Å². The van der Waals surface area contributed by atoms with Crippen LogP contribution in [0.3, 0.4) is 0 Å². The zero-order valence-corrected chi connectivity index (χ0v) is 12.6. The molecule has 0 aliphatic carbocycles. The maximum atomic E-state index is 12.7. The highest BCUT2D eigenvalue weighted by atomic mass is 35.5. The summed E-state index contributed by atoms with van der Waals surface area (Å²) in [5.74, 6) is 0.135. The first-order chi connectivity index (χ1) is 9.66. The van der Waals surface area contributed by atoms with Crippen molar-refractivity contribution in [2.45, 2.75) is 37.8 Å². The number of hydrogen-bond donors (Lipinski definition) is 0. The van der Waals surface area contributed by atoms with Gasteiger partial charge in [-0.2, -0.15) is 0 Å². The predicted molar refractivity (Wildman–Crippen MR) is 81.2 cm³/mol. The van der Waals surface area contributed by atoms with Crippen LogP contribution in [0, 0.1) is 0 Å². The summed E-state index contributed by atoms with van der Waals surface area (Å²) in [6, 6.07) is 8.20. The second kappa shape index (κ2) is 5.74. The van der Waals surface area contributed by atoms with E-state index in [-0.39, 0.29) is 5.91 Å². The quantitative estimate of drug-likeness (QED) is 0.836. The van der Waals surface area contributed by atoms with Gasteiger partial charge in [0, 0.05) is 29.2 Å². The van der Waals surface area contributed by atoms with E-state index in [1.165, 1.54) is 12.8 Å². The van der Waals surface area contributed by atoms with Crippen molar-refractivity contribution < 1.29 is 4.79 Å². The van der Waals surface area contributed by atoms with Crippen LogP contribution in [0.2, 0.25) is 5.02 Å². The van der Waals surface area contributed by atoms with Gasteiger partial charge in [0.1, 0.15) is 0 Å². The molecule has 0 radical (unpaired) electrons. The summed E-state index contributed by atoms with van der Waals surface area (Å²) < 4.78 is 0. The zero-order chi connectivity index (χ0) is 14.1. The molecule has 2 atom stereocenters. The summed E-state index contributed by atoms with van der Waals surface area (Å²) in [4.78, 5) is 17.2. The van der Waals surface area contributed by atoms with Gasteiger partial charge in [-0.05, 0) is 57.5 Å².